The van der Waals surface area contributed by atoms with Gasteiger partial charge in [-0.2, -0.15) is 15.6 Å². The lowest BCUT2D eigenvalue weighted by Gasteiger charge is -2.21. The fraction of sp³-hybridized carbons (Fsp3) is 0.125. The maximum atomic E-state index is 7.05. The number of nitrogens with one attached hydrogen (secondary N) is 4. The lowest BCUT2D eigenvalue weighted by molar-refractivity contribution is 0.653. The van der Waals surface area contributed by atoms with Crippen LogP contribution >= 0.6 is 35.4 Å². The van der Waals surface area contributed by atoms with E-state index in [4.69, 9.17) is 64.7 Å². The second kappa shape index (κ2) is 21.5. The summed E-state index contributed by atoms with van der Waals surface area (Å²) in [6.45, 7) is 19.8. The van der Waals surface area contributed by atoms with Crippen LogP contribution in [0.1, 0.15) is 24.5 Å². The molecule has 0 aliphatic carbocycles. The number of halogens is 2. The van der Waals surface area contributed by atoms with E-state index in [9.17, 15) is 0 Å². The third kappa shape index (κ3) is 15.6. The molecule has 4 rings (SSSR count). The molecule has 16 nitrogen and oxygen atoms in total. The molecule has 19 heteroatoms. The maximum absolute atomic E-state index is 7.05. The molecule has 0 saturated heterocycles. The van der Waals surface area contributed by atoms with Crippen molar-refractivity contribution in [1.29, 1.82) is 5.41 Å². The third-order valence-corrected chi connectivity index (χ3v) is 6.73. The molecule has 3 aromatic rings. The van der Waals surface area contributed by atoms with Gasteiger partial charge in [-0.15, -0.1) is 15.3 Å². The van der Waals surface area contributed by atoms with Crippen LogP contribution in [0.3, 0.4) is 0 Å². The van der Waals surface area contributed by atoms with Crippen LogP contribution in [-0.4, -0.2) is 41.3 Å². The Bertz CT molecular complexity index is 1880. The normalized spacial score (nSPS) is 13.0. The number of thiocarbonyl (C=S) groups is 1. The van der Waals surface area contributed by atoms with Crippen LogP contribution in [0, 0.1) is 24.5 Å². The van der Waals surface area contributed by atoms with Crippen molar-refractivity contribution < 1.29 is 0 Å². The summed E-state index contributed by atoms with van der Waals surface area (Å²) in [6, 6.07) is 19.8. The summed E-state index contributed by atoms with van der Waals surface area (Å²) >= 11 is 16.3. The van der Waals surface area contributed by atoms with E-state index in [0.29, 0.717) is 39.4 Å². The molecular formula is C32H34Cl2N16S. The molecule has 0 fully saturated rings. The largest absolute Gasteiger partial charge is 0.657 e. The van der Waals surface area contributed by atoms with Crippen molar-refractivity contribution in [3.8, 4) is 0 Å². The Morgan fingerprint density at radius 2 is 1.65 bits per heavy atom. The maximum Gasteiger partial charge on any atom is 0.657 e. The van der Waals surface area contributed by atoms with Gasteiger partial charge in [-0.1, -0.05) is 54.9 Å². The molecule has 51 heavy (non-hydrogen) atoms. The van der Waals surface area contributed by atoms with Crippen molar-refractivity contribution in [2.24, 2.45) is 59.5 Å². The SMILES string of the molecule is N=C(N)CNc1ccc(N=NC(N)=S)cc1.NC(N)=N/N=C/c1c(Cl)cccc1Cl.[C-]#[N+]C(=NNc1ccc(C2=NNC(=C)C[C@H]2C)cc1)[N+]#[C-]. The quantitative estimate of drug-likeness (QED) is 0.0321. The molecule has 1 atom stereocenters. The van der Waals surface area contributed by atoms with Crippen molar-refractivity contribution in [1.82, 2.24) is 5.43 Å². The highest BCUT2D eigenvalue weighted by Gasteiger charge is 2.18. The minimum atomic E-state index is -0.243. The molecule has 1 aliphatic rings. The van der Waals surface area contributed by atoms with E-state index >= 15 is 0 Å². The number of guanidine groups is 2. The number of azo groups is 1. The summed E-state index contributed by atoms with van der Waals surface area (Å²) in [5.74, 6) is 0.0279. The molecule has 262 valence electrons. The molecule has 1 aliphatic heterocycles. The Morgan fingerprint density at radius 3 is 2.18 bits per heavy atom. The number of benzene rings is 3. The Balaban J connectivity index is 0.000000272. The lowest BCUT2D eigenvalue weighted by atomic mass is 9.93. The van der Waals surface area contributed by atoms with E-state index in [-0.39, 0.29) is 22.9 Å². The van der Waals surface area contributed by atoms with Gasteiger partial charge in [0.25, 0.3) is 0 Å². The van der Waals surface area contributed by atoms with Crippen LogP contribution < -0.4 is 39.1 Å². The Morgan fingerprint density at radius 1 is 1.04 bits per heavy atom. The van der Waals surface area contributed by atoms with Gasteiger partial charge in [0.1, 0.15) is 10.9 Å². The highest BCUT2D eigenvalue weighted by atomic mass is 35.5. The standard InChI is InChI=1S/C15H14N6.C9H12N6S.C8H8Cl2N4/c1-10-9-11(2)18-20-14(10)12-5-7-13(8-6-12)19-21-15(16-3)17-4;10-8(11)5-13-6-1-3-7(4-2-6)14-15-9(12)16;9-6-2-1-3-7(10)5(6)4-13-14-8(11)12/h5-8,10,18-19H,2,9H2,1H3;1-4,13H,5H2,(H3,10,11)(H2,12,16);1-4H,(H4,11,12,14)/b;;13-4+/t10-;;/m1../s1. The van der Waals surface area contributed by atoms with E-state index < -0.39 is 0 Å². The molecule has 0 radical (unpaired) electrons. The van der Waals surface area contributed by atoms with Crippen molar-refractivity contribution in [3.05, 3.63) is 123 Å². The number of nitrogens with zero attached hydrogens (tertiary/aromatic N) is 8. The molecule has 1 heterocycles. The van der Waals surface area contributed by atoms with Crippen molar-refractivity contribution in [3.63, 3.8) is 0 Å². The van der Waals surface area contributed by atoms with Crippen LogP contribution in [0.2, 0.25) is 10.0 Å². The van der Waals surface area contributed by atoms with Gasteiger partial charge in [-0.3, -0.25) is 10.8 Å². The van der Waals surface area contributed by atoms with Gasteiger partial charge in [0.05, 0.1) is 39.9 Å². The van der Waals surface area contributed by atoms with Gasteiger partial charge in [0.2, 0.25) is 11.1 Å². The van der Waals surface area contributed by atoms with Gasteiger partial charge in [0, 0.05) is 22.9 Å². The second-order valence-corrected chi connectivity index (χ2v) is 11.2. The highest BCUT2D eigenvalue weighted by molar-refractivity contribution is 7.80. The Hall–Kier alpha value is -6.40. The van der Waals surface area contributed by atoms with Gasteiger partial charge < -0.3 is 28.3 Å². The highest BCUT2D eigenvalue weighted by Crippen LogP contribution is 2.23. The average molecular weight is 746 g/mol. The first-order chi connectivity index (χ1) is 24.3. The molecule has 0 amide bonds. The predicted octanol–water partition coefficient (Wildman–Crippen LogP) is 6.02. The number of hydrogen-bond donors (Lipinski definition) is 8. The Labute approximate surface area is 310 Å². The van der Waals surface area contributed by atoms with Crippen LogP contribution in [0.25, 0.3) is 9.69 Å². The minimum absolute atomic E-state index is 0.00113. The first kappa shape index (κ1) is 40.8. The zero-order valence-corrected chi connectivity index (χ0v) is 29.5. The zero-order valence-electron chi connectivity index (χ0n) is 27.2. The number of allylic oxidation sites excluding steroid dienone is 1. The van der Waals surface area contributed by atoms with Crippen molar-refractivity contribution in [2.75, 3.05) is 17.3 Å². The molecule has 0 unspecified atom stereocenters. The first-order valence-electron chi connectivity index (χ1n) is 14.5. The number of hydrazone groups is 2. The summed E-state index contributed by atoms with van der Waals surface area (Å²) in [5, 5.41) is 33.4. The second-order valence-electron chi connectivity index (χ2n) is 10.0. The van der Waals surface area contributed by atoms with Gasteiger partial charge in [0.15, 0.2) is 0 Å². The zero-order chi connectivity index (χ0) is 37.8. The molecule has 0 spiro atoms. The molecule has 0 aromatic heterocycles. The minimum Gasteiger partial charge on any atom is -0.386 e. The fourth-order valence-electron chi connectivity index (χ4n) is 3.75. The summed E-state index contributed by atoms with van der Waals surface area (Å²) < 4.78 is 0. The van der Waals surface area contributed by atoms with E-state index in [2.05, 4.69) is 82.2 Å². The number of anilines is 2. The van der Waals surface area contributed by atoms with Gasteiger partial charge in [-0.25, -0.2) is 9.69 Å². The monoisotopic (exact) mass is 744 g/mol. The predicted molar refractivity (Wildman–Crippen MR) is 211 cm³/mol. The number of hydrogen-bond acceptors (Lipinski definition) is 10. The van der Waals surface area contributed by atoms with E-state index in [0.717, 1.165) is 29.1 Å². The fourth-order valence-corrected chi connectivity index (χ4v) is 4.29. The molecule has 12 N–H and O–H groups in total. The van der Waals surface area contributed by atoms with Gasteiger partial charge >= 0.3 is 5.96 Å². The average Bonchev–Trinajstić information content (AvgIpc) is 3.09. The van der Waals surface area contributed by atoms with Crippen LogP contribution in [0.5, 0.6) is 0 Å². The lowest BCUT2D eigenvalue weighted by Crippen LogP contribution is -2.25. The van der Waals surface area contributed by atoms with Crippen molar-refractivity contribution >= 4 is 87.3 Å². The van der Waals surface area contributed by atoms with Crippen LogP contribution in [0.15, 0.2) is 110 Å². The summed E-state index contributed by atoms with van der Waals surface area (Å²) in [6.07, 6.45) is 2.26. The number of amidine groups is 1. The summed E-state index contributed by atoms with van der Waals surface area (Å²) in [4.78, 5) is 5.95. The molecule has 3 aromatic carbocycles. The smallest absolute Gasteiger partial charge is 0.386 e. The summed E-state index contributed by atoms with van der Waals surface area (Å²) in [7, 11) is 0. The Kier molecular flexibility index (Phi) is 17.2. The van der Waals surface area contributed by atoms with Gasteiger partial charge in [-0.05, 0) is 85.9 Å². The van der Waals surface area contributed by atoms with Crippen molar-refractivity contribution in [2.45, 2.75) is 13.3 Å². The molecular weight excluding hydrogens is 711 g/mol. The molecule has 0 saturated carbocycles. The first-order valence-corrected chi connectivity index (χ1v) is 15.6. The summed E-state index contributed by atoms with van der Waals surface area (Å²) in [5.41, 5.74) is 31.9. The molecule has 0 bridgehead atoms. The number of rotatable bonds is 9. The topological polar surface area (TPSA) is 247 Å². The van der Waals surface area contributed by atoms with Crippen LogP contribution in [0.4, 0.5) is 17.1 Å². The van der Waals surface area contributed by atoms with Crippen LogP contribution in [-0.2, 0) is 0 Å². The van der Waals surface area contributed by atoms with E-state index in [1.165, 1.54) is 6.21 Å². The number of nitrogens with two attached hydrogens (primary N) is 4. The third-order valence-electron chi connectivity index (χ3n) is 5.99. The van der Waals surface area contributed by atoms with E-state index in [1.807, 2.05) is 24.3 Å². The van der Waals surface area contributed by atoms with E-state index in [1.54, 1.807) is 42.5 Å².